The maximum absolute atomic E-state index is 13.0. The van der Waals surface area contributed by atoms with Crippen molar-refractivity contribution in [1.82, 2.24) is 30.0 Å². The van der Waals surface area contributed by atoms with Gasteiger partial charge in [-0.1, -0.05) is 0 Å². The van der Waals surface area contributed by atoms with Crippen molar-refractivity contribution in [2.45, 2.75) is 57.8 Å². The fourth-order valence-corrected chi connectivity index (χ4v) is 3.42. The second-order valence-electron chi connectivity index (χ2n) is 8.77. The van der Waals surface area contributed by atoms with Gasteiger partial charge in [-0.2, -0.15) is 5.10 Å². The topological polar surface area (TPSA) is 140 Å². The van der Waals surface area contributed by atoms with E-state index in [1.54, 1.807) is 30.4 Å². The molecule has 0 spiro atoms. The zero-order chi connectivity index (χ0) is 22.4. The largest absolute Gasteiger partial charge is 0.478 e. The maximum Gasteiger partial charge on any atom is 0.410 e. The quantitative estimate of drug-likeness (QED) is 0.747. The molecule has 4 rings (SSSR count). The highest BCUT2D eigenvalue weighted by atomic mass is 16.6. The predicted molar refractivity (Wildman–Crippen MR) is 106 cm³/mol. The smallest absolute Gasteiger partial charge is 0.410 e. The molecule has 2 aliphatic rings. The summed E-state index contributed by atoms with van der Waals surface area (Å²) >= 11 is 0. The molecule has 2 N–H and O–H groups in total. The molecule has 1 fully saturated rings. The SMILES string of the molecule is CC(C)(C)OC(=O)N1CCn2ncc(C(=O)NC3(c4ncc(C(=O)O)cn4)CC3)c2C1. The Morgan fingerprint density at radius 2 is 1.81 bits per heavy atom. The van der Waals surface area contributed by atoms with Crippen LogP contribution in [0.3, 0.4) is 0 Å². The summed E-state index contributed by atoms with van der Waals surface area (Å²) in [5.74, 6) is -1.07. The molecule has 31 heavy (non-hydrogen) atoms. The van der Waals surface area contributed by atoms with Gasteiger partial charge in [0, 0.05) is 18.9 Å². The highest BCUT2D eigenvalue weighted by Gasteiger charge is 2.49. The Kier molecular flexibility index (Phi) is 4.91. The van der Waals surface area contributed by atoms with Gasteiger partial charge in [-0.3, -0.25) is 9.48 Å². The summed E-state index contributed by atoms with van der Waals surface area (Å²) in [6, 6.07) is 0. The molecule has 0 aromatic carbocycles. The molecule has 2 aromatic rings. The van der Waals surface area contributed by atoms with Gasteiger partial charge >= 0.3 is 12.1 Å². The average Bonchev–Trinajstić information content (AvgIpc) is 3.35. The summed E-state index contributed by atoms with van der Waals surface area (Å²) in [5.41, 5.74) is -0.334. The molecule has 0 bridgehead atoms. The lowest BCUT2D eigenvalue weighted by Gasteiger charge is -2.30. The van der Waals surface area contributed by atoms with Crippen LogP contribution in [0, 0.1) is 0 Å². The lowest BCUT2D eigenvalue weighted by molar-refractivity contribution is 0.0193. The van der Waals surface area contributed by atoms with Crippen LogP contribution in [0.25, 0.3) is 0 Å². The predicted octanol–water partition coefficient (Wildman–Crippen LogP) is 1.54. The second kappa shape index (κ2) is 7.33. The Morgan fingerprint density at radius 1 is 1.13 bits per heavy atom. The first-order valence-electron chi connectivity index (χ1n) is 9.99. The number of aromatic nitrogens is 4. The van der Waals surface area contributed by atoms with Gasteiger partial charge in [0.2, 0.25) is 0 Å². The highest BCUT2D eigenvalue weighted by Crippen LogP contribution is 2.44. The third-order valence-corrected chi connectivity index (χ3v) is 5.20. The van der Waals surface area contributed by atoms with Gasteiger partial charge in [-0.25, -0.2) is 19.6 Å². The first-order chi connectivity index (χ1) is 14.6. The van der Waals surface area contributed by atoms with E-state index in [9.17, 15) is 14.4 Å². The molecule has 0 saturated heterocycles. The molecule has 3 heterocycles. The van der Waals surface area contributed by atoms with Crippen molar-refractivity contribution in [2.24, 2.45) is 0 Å². The Balaban J connectivity index is 1.49. The van der Waals surface area contributed by atoms with E-state index in [0.29, 0.717) is 43.0 Å². The molecule has 1 aliphatic heterocycles. The number of fused-ring (bicyclic) bond motifs is 1. The number of amides is 2. The number of ether oxygens (including phenoxy) is 1. The van der Waals surface area contributed by atoms with Gasteiger partial charge in [0.25, 0.3) is 5.91 Å². The summed E-state index contributed by atoms with van der Waals surface area (Å²) in [6.45, 7) is 6.54. The molecule has 11 heteroatoms. The van der Waals surface area contributed by atoms with Gasteiger partial charge in [0.05, 0.1) is 36.1 Å². The van der Waals surface area contributed by atoms with Crippen LogP contribution in [0.4, 0.5) is 4.79 Å². The van der Waals surface area contributed by atoms with Gasteiger partial charge in [0.1, 0.15) is 11.1 Å². The molecule has 2 amide bonds. The summed E-state index contributed by atoms with van der Waals surface area (Å²) < 4.78 is 7.16. The molecule has 1 saturated carbocycles. The third-order valence-electron chi connectivity index (χ3n) is 5.20. The third kappa shape index (κ3) is 4.21. The molecule has 2 aromatic heterocycles. The number of rotatable bonds is 4. The van der Waals surface area contributed by atoms with Gasteiger partial charge in [-0.15, -0.1) is 0 Å². The molecular weight excluding hydrogens is 404 g/mol. The number of carboxylic acids is 1. The number of nitrogens with one attached hydrogen (secondary N) is 1. The molecule has 164 valence electrons. The number of aromatic carboxylic acids is 1. The molecular formula is C20H24N6O5. The Labute approximate surface area is 178 Å². The minimum atomic E-state index is -1.11. The van der Waals surface area contributed by atoms with E-state index >= 15 is 0 Å². The van der Waals surface area contributed by atoms with Crippen LogP contribution in [0.1, 0.15) is 65.8 Å². The molecule has 1 aliphatic carbocycles. The van der Waals surface area contributed by atoms with Crippen molar-refractivity contribution in [2.75, 3.05) is 6.54 Å². The lowest BCUT2D eigenvalue weighted by atomic mass is 10.1. The number of carboxylic acid groups (broad SMARTS) is 1. The summed E-state index contributed by atoms with van der Waals surface area (Å²) in [4.78, 5) is 46.3. The normalized spacial score (nSPS) is 16.9. The van der Waals surface area contributed by atoms with Crippen LogP contribution in [-0.2, 0) is 23.4 Å². The van der Waals surface area contributed by atoms with Gasteiger partial charge < -0.3 is 20.1 Å². The van der Waals surface area contributed by atoms with Crippen LogP contribution < -0.4 is 5.32 Å². The van der Waals surface area contributed by atoms with Crippen LogP contribution >= 0.6 is 0 Å². The second-order valence-corrected chi connectivity index (χ2v) is 8.77. The van der Waals surface area contributed by atoms with Crippen molar-refractivity contribution in [3.63, 3.8) is 0 Å². The van der Waals surface area contributed by atoms with E-state index in [4.69, 9.17) is 9.84 Å². The van der Waals surface area contributed by atoms with Crippen molar-refractivity contribution in [1.29, 1.82) is 0 Å². The van der Waals surface area contributed by atoms with E-state index in [-0.39, 0.29) is 18.0 Å². The first kappa shape index (κ1) is 20.8. The van der Waals surface area contributed by atoms with Crippen molar-refractivity contribution in [3.8, 4) is 0 Å². The number of hydrogen-bond donors (Lipinski definition) is 2. The van der Waals surface area contributed by atoms with Gasteiger partial charge in [-0.05, 0) is 33.6 Å². The molecule has 0 atom stereocenters. The zero-order valence-corrected chi connectivity index (χ0v) is 17.6. The lowest BCUT2D eigenvalue weighted by Crippen LogP contribution is -2.42. The zero-order valence-electron chi connectivity index (χ0n) is 17.6. The summed E-state index contributed by atoms with van der Waals surface area (Å²) in [6.07, 6.45) is 4.83. The van der Waals surface area contributed by atoms with E-state index in [1.165, 1.54) is 18.6 Å². The number of nitrogens with zero attached hydrogens (tertiary/aromatic N) is 5. The van der Waals surface area contributed by atoms with Crippen LogP contribution in [-0.4, -0.2) is 59.9 Å². The van der Waals surface area contributed by atoms with Crippen LogP contribution in [0.2, 0.25) is 0 Å². The van der Waals surface area contributed by atoms with Crippen molar-refractivity contribution >= 4 is 18.0 Å². The van der Waals surface area contributed by atoms with Gasteiger partial charge in [0.15, 0.2) is 5.82 Å². The Bertz CT molecular complexity index is 1040. The number of carbonyl (C=O) groups excluding carboxylic acids is 2. The standard InChI is InChI=1S/C20H24N6O5/c1-19(2,3)31-18(30)25-6-7-26-14(11-25)13(10-23-26)15(27)24-20(4-5-20)17-21-8-12(9-22-17)16(28)29/h8-10H,4-7,11H2,1-3H3,(H,24,27)(H,28,29). The Hall–Kier alpha value is -3.50. The monoisotopic (exact) mass is 428 g/mol. The molecule has 11 nitrogen and oxygen atoms in total. The fraction of sp³-hybridized carbons (Fsp3) is 0.500. The van der Waals surface area contributed by atoms with Crippen LogP contribution in [0.5, 0.6) is 0 Å². The highest BCUT2D eigenvalue weighted by molar-refractivity contribution is 5.96. The van der Waals surface area contributed by atoms with E-state index in [0.717, 1.165) is 0 Å². The fourth-order valence-electron chi connectivity index (χ4n) is 3.42. The van der Waals surface area contributed by atoms with E-state index in [1.807, 2.05) is 0 Å². The summed E-state index contributed by atoms with van der Waals surface area (Å²) in [5, 5.41) is 16.3. The Morgan fingerprint density at radius 3 is 2.39 bits per heavy atom. The number of carbonyl (C=O) groups is 3. The summed E-state index contributed by atoms with van der Waals surface area (Å²) in [7, 11) is 0. The average molecular weight is 428 g/mol. The van der Waals surface area contributed by atoms with Crippen molar-refractivity contribution in [3.05, 3.63) is 41.2 Å². The maximum atomic E-state index is 13.0. The first-order valence-corrected chi connectivity index (χ1v) is 9.99. The minimum absolute atomic E-state index is 0.0150. The van der Waals surface area contributed by atoms with Crippen LogP contribution in [0.15, 0.2) is 18.6 Å². The van der Waals surface area contributed by atoms with Crippen molar-refractivity contribution < 1.29 is 24.2 Å². The number of hydrogen-bond acceptors (Lipinski definition) is 7. The molecule has 0 unspecified atom stereocenters. The van der Waals surface area contributed by atoms with E-state index < -0.39 is 23.2 Å². The van der Waals surface area contributed by atoms with E-state index in [2.05, 4.69) is 20.4 Å². The molecule has 0 radical (unpaired) electrons. The minimum Gasteiger partial charge on any atom is -0.478 e.